The highest BCUT2D eigenvalue weighted by molar-refractivity contribution is 7.38. The minimum atomic E-state index is -1.66. The van der Waals surface area contributed by atoms with Crippen molar-refractivity contribution >= 4 is 8.03 Å². The summed E-state index contributed by atoms with van der Waals surface area (Å²) in [6.45, 7) is 17.3. The van der Waals surface area contributed by atoms with E-state index < -0.39 is 8.03 Å². The lowest BCUT2D eigenvalue weighted by molar-refractivity contribution is 0.143. The van der Waals surface area contributed by atoms with Gasteiger partial charge in [-0.15, -0.1) is 4.52 Å². The molecule has 0 fully saturated rings. The Morgan fingerprint density at radius 3 is 1.91 bits per heavy atom. The molecule has 23 heavy (non-hydrogen) atoms. The van der Waals surface area contributed by atoms with Crippen molar-refractivity contribution in [3.05, 3.63) is 35.4 Å². The van der Waals surface area contributed by atoms with Crippen molar-refractivity contribution in [2.24, 2.45) is 11.3 Å². The number of rotatable bonds is 6. The minimum absolute atomic E-state index is 0.242. The summed E-state index contributed by atoms with van der Waals surface area (Å²) >= 11 is 0. The van der Waals surface area contributed by atoms with Crippen LogP contribution in [0.3, 0.4) is 0 Å². The van der Waals surface area contributed by atoms with E-state index in [1.165, 1.54) is 12.0 Å². The third-order valence-corrected chi connectivity index (χ3v) is 5.20. The Labute approximate surface area is 143 Å². The predicted molar refractivity (Wildman–Crippen MR) is 100 cm³/mol. The summed E-state index contributed by atoms with van der Waals surface area (Å²) < 4.78 is 17.6. The van der Waals surface area contributed by atoms with Gasteiger partial charge in [0.2, 0.25) is 6.16 Å². The van der Waals surface area contributed by atoms with E-state index in [1.54, 1.807) is 0 Å². The van der Waals surface area contributed by atoms with E-state index in [1.807, 2.05) is 20.8 Å². The molecule has 0 aliphatic carbocycles. The van der Waals surface area contributed by atoms with Gasteiger partial charge >= 0.3 is 8.03 Å². The molecular formula is C20H34O2P+. The van der Waals surface area contributed by atoms with Crippen LogP contribution in [0.15, 0.2) is 24.3 Å². The molecular weight excluding hydrogens is 303 g/mol. The van der Waals surface area contributed by atoms with Crippen LogP contribution in [0.1, 0.15) is 78.9 Å². The van der Waals surface area contributed by atoms with Crippen molar-refractivity contribution in [1.29, 1.82) is 0 Å². The van der Waals surface area contributed by atoms with Crippen LogP contribution in [-0.4, -0.2) is 5.60 Å². The third-order valence-electron chi connectivity index (χ3n) is 3.82. The van der Waals surface area contributed by atoms with E-state index in [-0.39, 0.29) is 11.0 Å². The molecule has 0 aliphatic rings. The normalized spacial score (nSPS) is 14.9. The van der Waals surface area contributed by atoms with E-state index in [0.717, 1.165) is 5.56 Å². The first-order valence-corrected chi connectivity index (χ1v) is 9.97. The average molecular weight is 337 g/mol. The molecule has 1 aromatic carbocycles. The molecule has 3 heteroatoms. The van der Waals surface area contributed by atoms with Crippen LogP contribution in [0, 0.1) is 11.3 Å². The zero-order valence-corrected chi connectivity index (χ0v) is 17.0. The first-order chi connectivity index (χ1) is 10.4. The maximum atomic E-state index is 12.1. The van der Waals surface area contributed by atoms with Gasteiger partial charge in [0.1, 0.15) is 5.60 Å². The second-order valence-electron chi connectivity index (χ2n) is 8.98. The number of hydrogen-bond donors (Lipinski definition) is 0. The molecule has 2 nitrogen and oxygen atoms in total. The summed E-state index contributed by atoms with van der Waals surface area (Å²) in [5, 5.41) is 0. The molecule has 0 saturated heterocycles. The molecule has 0 aliphatic heterocycles. The van der Waals surface area contributed by atoms with E-state index in [9.17, 15) is 4.57 Å². The average Bonchev–Trinajstić information content (AvgIpc) is 2.33. The summed E-state index contributed by atoms with van der Waals surface area (Å²) in [6, 6.07) is 8.61. The Kier molecular flexibility index (Phi) is 6.98. The SMILES string of the molecule is CC(C)CC(c1ccc(C[P+](=O)OC(C)(C)C)cc1)C(C)(C)C. The largest absolute Gasteiger partial charge is 0.513 e. The van der Waals surface area contributed by atoms with Gasteiger partial charge < -0.3 is 0 Å². The molecule has 130 valence electrons. The summed E-state index contributed by atoms with van der Waals surface area (Å²) in [4.78, 5) is 0. The van der Waals surface area contributed by atoms with Gasteiger partial charge in [0, 0.05) is 5.56 Å². The molecule has 1 aromatic rings. The number of hydrogen-bond acceptors (Lipinski definition) is 2. The van der Waals surface area contributed by atoms with E-state index in [0.29, 0.717) is 18.0 Å². The molecule has 0 N–H and O–H groups in total. The van der Waals surface area contributed by atoms with Crippen LogP contribution < -0.4 is 0 Å². The Morgan fingerprint density at radius 1 is 1.00 bits per heavy atom. The van der Waals surface area contributed by atoms with Gasteiger partial charge in [-0.3, -0.25) is 0 Å². The highest BCUT2D eigenvalue weighted by Gasteiger charge is 2.29. The van der Waals surface area contributed by atoms with Crippen molar-refractivity contribution in [2.75, 3.05) is 0 Å². The Morgan fingerprint density at radius 2 is 1.52 bits per heavy atom. The third kappa shape index (κ3) is 7.59. The Balaban J connectivity index is 2.84. The maximum absolute atomic E-state index is 12.1. The molecule has 2 atom stereocenters. The van der Waals surface area contributed by atoms with Gasteiger partial charge in [-0.25, -0.2) is 0 Å². The van der Waals surface area contributed by atoms with Crippen molar-refractivity contribution in [1.82, 2.24) is 0 Å². The van der Waals surface area contributed by atoms with Crippen molar-refractivity contribution < 1.29 is 9.09 Å². The number of benzene rings is 1. The van der Waals surface area contributed by atoms with Crippen molar-refractivity contribution in [2.45, 2.75) is 79.5 Å². The Bertz CT molecular complexity index is 504. The molecule has 0 saturated carbocycles. The first kappa shape index (κ1) is 20.3. The van der Waals surface area contributed by atoms with Gasteiger partial charge in [-0.1, -0.05) is 58.9 Å². The van der Waals surface area contributed by atoms with E-state index in [2.05, 4.69) is 58.9 Å². The highest BCUT2D eigenvalue weighted by Crippen LogP contribution is 2.40. The highest BCUT2D eigenvalue weighted by atomic mass is 31.1. The quantitative estimate of drug-likeness (QED) is 0.527. The summed E-state index contributed by atoms with van der Waals surface area (Å²) in [6.07, 6.45) is 1.67. The van der Waals surface area contributed by atoms with Crippen LogP contribution in [0.4, 0.5) is 0 Å². The summed E-state index contributed by atoms with van der Waals surface area (Å²) in [5.74, 6) is 1.21. The topological polar surface area (TPSA) is 26.3 Å². The zero-order chi connectivity index (χ0) is 17.8. The lowest BCUT2D eigenvalue weighted by Crippen LogP contribution is -2.20. The van der Waals surface area contributed by atoms with E-state index in [4.69, 9.17) is 4.52 Å². The van der Waals surface area contributed by atoms with Gasteiger partial charge in [0.15, 0.2) is 0 Å². The summed E-state index contributed by atoms with van der Waals surface area (Å²) in [7, 11) is -1.66. The van der Waals surface area contributed by atoms with Gasteiger partial charge in [0.25, 0.3) is 0 Å². The van der Waals surface area contributed by atoms with E-state index >= 15 is 0 Å². The zero-order valence-electron chi connectivity index (χ0n) is 16.1. The molecule has 0 heterocycles. The first-order valence-electron chi connectivity index (χ1n) is 8.61. The van der Waals surface area contributed by atoms with Crippen LogP contribution in [-0.2, 0) is 15.3 Å². The second kappa shape index (κ2) is 7.90. The molecule has 0 radical (unpaired) electrons. The Hall–Kier alpha value is -0.720. The molecule has 0 spiro atoms. The van der Waals surface area contributed by atoms with Crippen molar-refractivity contribution in [3.63, 3.8) is 0 Å². The molecule has 0 aromatic heterocycles. The van der Waals surface area contributed by atoms with Gasteiger partial charge in [-0.2, -0.15) is 0 Å². The lowest BCUT2D eigenvalue weighted by Gasteiger charge is -2.32. The fourth-order valence-corrected chi connectivity index (χ4v) is 3.99. The minimum Gasteiger partial charge on any atom is -0.140 e. The van der Waals surface area contributed by atoms with Crippen LogP contribution >= 0.6 is 8.03 Å². The summed E-state index contributed by atoms with van der Waals surface area (Å²) in [5.41, 5.74) is 2.34. The maximum Gasteiger partial charge on any atom is 0.513 e. The van der Waals surface area contributed by atoms with Gasteiger partial charge in [-0.05, 0) is 54.6 Å². The standard InChI is InChI=1S/C20H34O2P/c1-15(2)13-18(19(3,4)5)17-11-9-16(10-12-17)14-23(21)22-20(6,7)8/h9-12,15,18H,13-14H2,1-8H3/q+1. The predicted octanol–water partition coefficient (Wildman–Crippen LogP) is 6.92. The monoisotopic (exact) mass is 337 g/mol. The molecule has 1 rings (SSSR count). The van der Waals surface area contributed by atoms with Crippen LogP contribution in [0.5, 0.6) is 0 Å². The fourth-order valence-electron chi connectivity index (χ4n) is 2.80. The molecule has 2 unspecified atom stereocenters. The van der Waals surface area contributed by atoms with Crippen LogP contribution in [0.2, 0.25) is 0 Å². The smallest absolute Gasteiger partial charge is 0.140 e. The van der Waals surface area contributed by atoms with Crippen molar-refractivity contribution in [3.8, 4) is 0 Å². The molecule has 0 bridgehead atoms. The van der Waals surface area contributed by atoms with Gasteiger partial charge in [0.05, 0.1) is 0 Å². The van der Waals surface area contributed by atoms with Crippen LogP contribution in [0.25, 0.3) is 0 Å². The second-order valence-corrected chi connectivity index (χ2v) is 10.1. The molecule has 0 amide bonds. The fraction of sp³-hybridized carbons (Fsp3) is 0.700. The lowest BCUT2D eigenvalue weighted by atomic mass is 9.72.